The first-order valence-corrected chi connectivity index (χ1v) is 36.8. The molecule has 0 unspecified atom stereocenters. The van der Waals surface area contributed by atoms with Crippen molar-refractivity contribution < 1.29 is 91.9 Å². The summed E-state index contributed by atoms with van der Waals surface area (Å²) in [5.41, 5.74) is 13.4. The number of aliphatic hydroxyl groups excluding tert-OH is 1. The van der Waals surface area contributed by atoms with Crippen LogP contribution in [0.15, 0.2) is 73.3 Å². The molecule has 37 nitrogen and oxygen atoms in total. The summed E-state index contributed by atoms with van der Waals surface area (Å²) in [6, 6.07) is 5.27. The van der Waals surface area contributed by atoms with Crippen LogP contribution in [0, 0.1) is 17.8 Å². The molecule has 12 amide bonds. The highest BCUT2D eigenvalue weighted by Gasteiger charge is 2.36. The van der Waals surface area contributed by atoms with Crippen molar-refractivity contribution in [2.75, 3.05) is 98.4 Å². The molecule has 0 aliphatic carbocycles. The van der Waals surface area contributed by atoms with Crippen molar-refractivity contribution in [3.8, 4) is 0 Å². The number of aliphatic carboxylic acids is 2. The molecule has 19 N–H and O–H groups in total. The molecule has 4 aromatic rings. The fourth-order valence-electron chi connectivity index (χ4n) is 12.0. The van der Waals surface area contributed by atoms with Crippen LogP contribution in [0.5, 0.6) is 0 Å². The lowest BCUT2D eigenvalue weighted by Gasteiger charge is -2.28. The summed E-state index contributed by atoms with van der Waals surface area (Å²) in [7, 11) is 0. The van der Waals surface area contributed by atoms with E-state index in [9.17, 15) is 82.4 Å². The van der Waals surface area contributed by atoms with Crippen LogP contribution in [0.1, 0.15) is 97.4 Å². The van der Waals surface area contributed by atoms with Crippen molar-refractivity contribution in [1.82, 2.24) is 82.8 Å². The van der Waals surface area contributed by atoms with Crippen LogP contribution in [-0.2, 0) is 95.9 Å². The van der Waals surface area contributed by atoms with Crippen LogP contribution < -0.4 is 64.6 Å². The summed E-state index contributed by atoms with van der Waals surface area (Å²) in [4.78, 5) is 201. The average Bonchev–Trinajstić information content (AvgIpc) is 1.65. The lowest BCUT2D eigenvalue weighted by molar-refractivity contribution is -0.140. The molecule has 5 rings (SSSR count). The van der Waals surface area contributed by atoms with Crippen molar-refractivity contribution in [1.29, 1.82) is 0 Å². The molecule has 2 aromatic carbocycles. The molecule has 3 heterocycles. The van der Waals surface area contributed by atoms with Crippen molar-refractivity contribution in [2.45, 2.75) is 154 Å². The number of benzene rings is 2. The van der Waals surface area contributed by atoms with E-state index in [1.54, 1.807) is 84.4 Å². The first-order chi connectivity index (χ1) is 52.2. The summed E-state index contributed by atoms with van der Waals surface area (Å²) in [5, 5.41) is 57.0. The largest absolute Gasteiger partial charge is 0.480 e. The number of carbonyl (C=O) groups is 14. The number of aromatic nitrogens is 3. The number of aliphatic hydroxyl groups is 1. The van der Waals surface area contributed by atoms with Crippen LogP contribution in [0.3, 0.4) is 0 Å². The highest BCUT2D eigenvalue weighted by molar-refractivity contribution is 5.98. The summed E-state index contributed by atoms with van der Waals surface area (Å²) in [6.45, 7) is 12.4. The fraction of sp³-hybridized carbons (Fsp3) is 0.575. The van der Waals surface area contributed by atoms with Gasteiger partial charge in [-0.25, -0.2) is 4.98 Å². The third-order valence-corrected chi connectivity index (χ3v) is 17.8. The van der Waals surface area contributed by atoms with Gasteiger partial charge in [-0.2, -0.15) is 0 Å². The molecule has 110 heavy (non-hydrogen) atoms. The molecular weight excluding hydrogens is 1430 g/mol. The second-order valence-corrected chi connectivity index (χ2v) is 28.4. The van der Waals surface area contributed by atoms with Gasteiger partial charge >= 0.3 is 11.9 Å². The monoisotopic (exact) mass is 1540 g/mol. The number of imidazole rings is 1. The Kier molecular flexibility index (Phi) is 38.3. The minimum absolute atomic E-state index is 0.00104. The zero-order chi connectivity index (χ0) is 81.0. The van der Waals surface area contributed by atoms with Gasteiger partial charge in [0.1, 0.15) is 48.9 Å². The molecule has 37 heteroatoms. The molecule has 0 radical (unpaired) electrons. The van der Waals surface area contributed by atoms with Crippen molar-refractivity contribution in [2.24, 2.45) is 29.2 Å². The molecule has 606 valence electrons. The number of carbonyl (C=O) groups excluding carboxylic acids is 12. The predicted molar refractivity (Wildman–Crippen MR) is 400 cm³/mol. The first-order valence-electron chi connectivity index (χ1n) is 36.8. The normalized spacial score (nSPS) is 15.5. The van der Waals surface area contributed by atoms with Crippen molar-refractivity contribution in [3.63, 3.8) is 0 Å². The molecule has 1 aliphatic heterocycles. The molecule has 1 aliphatic rings. The highest BCUT2D eigenvalue weighted by atomic mass is 16.5. The number of H-pyrrole nitrogens is 2. The Hall–Kier alpha value is -10.5. The summed E-state index contributed by atoms with van der Waals surface area (Å²) >= 11 is 0. The van der Waals surface area contributed by atoms with Crippen LogP contribution >= 0.6 is 0 Å². The van der Waals surface area contributed by atoms with Gasteiger partial charge in [0, 0.05) is 100 Å². The number of hydrogen-bond donors (Lipinski definition) is 17. The van der Waals surface area contributed by atoms with E-state index in [4.69, 9.17) is 20.9 Å². The number of fused-ring (bicyclic) bond motifs is 1. The minimum atomic E-state index is -1.56. The molecule has 0 spiro atoms. The molecule has 0 saturated carbocycles. The minimum Gasteiger partial charge on any atom is -0.480 e. The number of hydrogen-bond acceptors (Lipinski definition) is 21. The van der Waals surface area contributed by atoms with Gasteiger partial charge in [-0.15, -0.1) is 0 Å². The van der Waals surface area contributed by atoms with Gasteiger partial charge in [0.2, 0.25) is 70.9 Å². The molecule has 1 fully saturated rings. The number of nitrogens with one attached hydrogen (secondary N) is 12. The van der Waals surface area contributed by atoms with Crippen LogP contribution in [0.4, 0.5) is 0 Å². The standard InChI is InChI=1S/C73H110N18O19/c1-43(2)29-53(58(92)34-60(94)82-54(67(75)102)30-44(3)4)86-72(107)57(33-49-36-76-42-80-49)83-61(95)37-79-73(108)66(45(5)6)88-68(103)46(7)81-70(105)56(32-48-35-78-51-16-12-11-15-50(48)51)87-69(104)52(17-18-59(74)93)85-71(106)55(31-47-13-9-8-10-14-47)84-63(97)41-110-28-27-109-26-19-77-62(96)38-89-20-22-90(39-64(98)99)24-25-91(23-21-89)40-65(100)101/h8-16,35-36,42-46,52-58,66,78,92H,17-34,37-41H2,1-7H3,(H2,74,93)(H2,75,102)(H,76,80)(H,77,96)(H,79,108)(H,81,105)(H,82,94)(H,83,95)(H,84,97)(H,85,106)(H,86,107)(H,87,104)(H,88,103)(H,98,99)(H,100,101)/t46-,52-,53-,54-,55+,56-,57-,58-,66-/m0/s1. The van der Waals surface area contributed by atoms with Gasteiger partial charge < -0.3 is 99.4 Å². The number of amides is 12. The van der Waals surface area contributed by atoms with E-state index >= 15 is 0 Å². The Bertz CT molecular complexity index is 3660. The smallest absolute Gasteiger partial charge is 0.317 e. The van der Waals surface area contributed by atoms with Gasteiger partial charge in [-0.3, -0.25) is 81.8 Å². The predicted octanol–water partition coefficient (Wildman–Crippen LogP) is -3.58. The zero-order valence-corrected chi connectivity index (χ0v) is 63.4. The maximum Gasteiger partial charge on any atom is 0.317 e. The maximum absolute atomic E-state index is 14.6. The Morgan fingerprint density at radius 3 is 1.69 bits per heavy atom. The maximum atomic E-state index is 14.6. The summed E-state index contributed by atoms with van der Waals surface area (Å²) in [5.74, 6) is -12.1. The van der Waals surface area contributed by atoms with Crippen molar-refractivity contribution >= 4 is 93.7 Å². The van der Waals surface area contributed by atoms with E-state index in [1.807, 2.05) is 32.6 Å². The van der Waals surface area contributed by atoms with Gasteiger partial charge in [0.25, 0.3) is 0 Å². The van der Waals surface area contributed by atoms with Gasteiger partial charge in [-0.1, -0.05) is 90.1 Å². The second-order valence-electron chi connectivity index (χ2n) is 28.4. The number of rotatable bonds is 48. The quantitative estimate of drug-likeness (QED) is 0.0190. The second kappa shape index (κ2) is 46.8. The van der Waals surface area contributed by atoms with Gasteiger partial charge in [0.05, 0.1) is 70.9 Å². The number of para-hydroxylation sites is 1. The number of ether oxygens (including phenoxy) is 2. The Labute approximate surface area is 638 Å². The molecule has 0 bridgehead atoms. The van der Waals surface area contributed by atoms with Gasteiger partial charge in [0.15, 0.2) is 0 Å². The number of nitrogens with two attached hydrogens (primary N) is 2. The lowest BCUT2D eigenvalue weighted by atomic mass is 9.96. The number of primary amides is 2. The van der Waals surface area contributed by atoms with E-state index in [1.165, 1.54) is 19.4 Å². The molecule has 2 aromatic heterocycles. The molecule has 9 atom stereocenters. The number of carboxylic acids is 2. The van der Waals surface area contributed by atoms with Gasteiger partial charge in [-0.05, 0) is 61.1 Å². The molecule has 1 saturated heterocycles. The summed E-state index contributed by atoms with van der Waals surface area (Å²) < 4.78 is 11.1. The van der Waals surface area contributed by atoms with Crippen molar-refractivity contribution in [3.05, 3.63) is 90.1 Å². The van der Waals surface area contributed by atoms with E-state index in [-0.39, 0.29) is 102 Å². The van der Waals surface area contributed by atoms with E-state index in [2.05, 4.69) is 68.1 Å². The zero-order valence-electron chi connectivity index (χ0n) is 63.4. The van der Waals surface area contributed by atoms with E-state index in [0.717, 1.165) is 0 Å². The Morgan fingerprint density at radius 1 is 0.536 bits per heavy atom. The third kappa shape index (κ3) is 33.6. The highest BCUT2D eigenvalue weighted by Crippen LogP contribution is 2.21. The average molecular weight is 1540 g/mol. The Balaban J connectivity index is 1.20. The SMILES string of the molecule is CC(C)C[C@H](NC(=O)C[C@H](O)[C@H](CC(C)C)NC(=O)[C@H](Cc1cnc[nH]1)NC(=O)CNC(=O)[C@@H](NC(=O)[C@H](C)NC(=O)[C@H](Cc1c[nH]c2ccccc12)NC(=O)[C@H](CCC(N)=O)NC(=O)[C@@H](Cc1ccccc1)NC(=O)COCCOCCNC(=O)CN1CCN(CC(=O)O)CCN(CC(=O)O)CC1)C(C)C)C(N)=O. The number of nitrogens with zero attached hydrogens (tertiary/aromatic N) is 4. The first kappa shape index (κ1) is 90.1. The lowest BCUT2D eigenvalue weighted by Crippen LogP contribution is -2.60. The van der Waals surface area contributed by atoms with Crippen LogP contribution in [0.2, 0.25) is 0 Å². The summed E-state index contributed by atoms with van der Waals surface area (Å²) in [6.07, 6.45) is 1.74. The fourth-order valence-corrected chi connectivity index (χ4v) is 12.0. The molecular formula is C73H110N18O19. The van der Waals surface area contributed by atoms with Crippen LogP contribution in [-0.4, -0.2) is 281 Å². The van der Waals surface area contributed by atoms with E-state index < -0.39 is 163 Å². The van der Waals surface area contributed by atoms with E-state index in [0.29, 0.717) is 67.0 Å². The number of carboxylic acid groups (broad SMARTS) is 2. The topological polar surface area (TPSA) is 545 Å². The third-order valence-electron chi connectivity index (χ3n) is 17.8. The Morgan fingerprint density at radius 2 is 1.09 bits per heavy atom. The van der Waals surface area contributed by atoms with Crippen LogP contribution in [0.25, 0.3) is 10.9 Å². The number of aromatic amines is 2.